The van der Waals surface area contributed by atoms with Crippen molar-refractivity contribution in [3.63, 3.8) is 0 Å². The van der Waals surface area contributed by atoms with E-state index in [0.717, 1.165) is 15.7 Å². The third kappa shape index (κ3) is 3.25. The van der Waals surface area contributed by atoms with Gasteiger partial charge in [-0.25, -0.2) is 19.0 Å². The van der Waals surface area contributed by atoms with Crippen molar-refractivity contribution < 1.29 is 4.39 Å². The molecule has 1 aromatic carbocycles. The van der Waals surface area contributed by atoms with E-state index in [2.05, 4.69) is 36.3 Å². The first-order chi connectivity index (χ1) is 10.2. The zero-order chi connectivity index (χ0) is 14.7. The highest BCUT2D eigenvalue weighted by atomic mass is 79.9. The van der Waals surface area contributed by atoms with Gasteiger partial charge in [0.15, 0.2) is 5.82 Å². The Morgan fingerprint density at radius 3 is 2.86 bits per heavy atom. The van der Waals surface area contributed by atoms with Crippen molar-refractivity contribution in [2.75, 3.05) is 5.32 Å². The Morgan fingerprint density at radius 2 is 2.14 bits per heavy atom. The van der Waals surface area contributed by atoms with Gasteiger partial charge in [-0.15, -0.1) is 0 Å². The highest BCUT2D eigenvalue weighted by Gasteiger charge is 2.03. The summed E-state index contributed by atoms with van der Waals surface area (Å²) < 4.78 is 15.6. The lowest BCUT2D eigenvalue weighted by Crippen LogP contribution is -2.03. The molecular formula is C14H11BrFN5. The first-order valence-electron chi connectivity index (χ1n) is 6.21. The molecule has 0 aliphatic rings. The van der Waals surface area contributed by atoms with Gasteiger partial charge in [0.05, 0.1) is 11.9 Å². The Hall–Kier alpha value is -2.28. The molecule has 0 aliphatic heterocycles. The van der Waals surface area contributed by atoms with Gasteiger partial charge in [0.25, 0.3) is 0 Å². The summed E-state index contributed by atoms with van der Waals surface area (Å²) >= 11 is 3.40. The maximum Gasteiger partial charge on any atom is 0.155 e. The van der Waals surface area contributed by atoms with Crippen LogP contribution in [0.4, 0.5) is 10.1 Å². The van der Waals surface area contributed by atoms with Crippen LogP contribution in [0.25, 0.3) is 5.82 Å². The second-order valence-electron chi connectivity index (χ2n) is 4.33. The number of nitrogens with zero attached hydrogens (tertiary/aromatic N) is 4. The van der Waals surface area contributed by atoms with E-state index in [4.69, 9.17) is 0 Å². The normalized spacial score (nSPS) is 10.6. The summed E-state index contributed by atoms with van der Waals surface area (Å²) in [4.78, 5) is 8.16. The summed E-state index contributed by atoms with van der Waals surface area (Å²) in [6.45, 7) is 0.503. The summed E-state index contributed by atoms with van der Waals surface area (Å²) in [6.07, 6.45) is 4.73. The summed E-state index contributed by atoms with van der Waals surface area (Å²) in [5.41, 5.74) is 1.69. The molecule has 0 saturated heterocycles. The number of pyridine rings is 1. The van der Waals surface area contributed by atoms with Gasteiger partial charge in [-0.1, -0.05) is 15.9 Å². The average Bonchev–Trinajstić information content (AvgIpc) is 3.03. The van der Waals surface area contributed by atoms with Crippen molar-refractivity contribution in [3.05, 3.63) is 65.0 Å². The number of hydrogen-bond donors (Lipinski definition) is 1. The van der Waals surface area contributed by atoms with Crippen LogP contribution in [0, 0.1) is 5.82 Å². The SMILES string of the molecule is Fc1ccc(Br)c(CNc2ccc(-n3cncn3)nc2)c1. The Balaban J connectivity index is 1.70. The molecule has 0 amide bonds. The number of aromatic nitrogens is 4. The van der Waals surface area contributed by atoms with Gasteiger partial charge < -0.3 is 5.32 Å². The number of benzene rings is 1. The summed E-state index contributed by atoms with van der Waals surface area (Å²) in [7, 11) is 0. The molecule has 0 spiro atoms. The number of nitrogens with one attached hydrogen (secondary N) is 1. The fourth-order valence-corrected chi connectivity index (χ4v) is 2.22. The number of anilines is 1. The standard InChI is InChI=1S/C14H11BrFN5/c15-13-3-1-11(16)5-10(13)6-18-12-2-4-14(19-7-12)21-9-17-8-20-21/h1-5,7-9,18H,6H2. The quantitative estimate of drug-likeness (QED) is 0.787. The van der Waals surface area contributed by atoms with Gasteiger partial charge in [0.1, 0.15) is 18.5 Å². The summed E-state index contributed by atoms with van der Waals surface area (Å²) in [5, 5.41) is 7.20. The van der Waals surface area contributed by atoms with Crippen LogP contribution in [0.1, 0.15) is 5.56 Å². The molecule has 106 valence electrons. The molecule has 1 N–H and O–H groups in total. The van der Waals surface area contributed by atoms with Gasteiger partial charge in [0, 0.05) is 11.0 Å². The van der Waals surface area contributed by atoms with E-state index in [1.807, 2.05) is 12.1 Å². The van der Waals surface area contributed by atoms with E-state index in [0.29, 0.717) is 12.4 Å². The monoisotopic (exact) mass is 347 g/mol. The van der Waals surface area contributed by atoms with E-state index in [-0.39, 0.29) is 5.82 Å². The van der Waals surface area contributed by atoms with Crippen molar-refractivity contribution in [2.24, 2.45) is 0 Å². The molecule has 0 unspecified atom stereocenters. The molecule has 3 rings (SSSR count). The molecular weight excluding hydrogens is 337 g/mol. The van der Waals surface area contributed by atoms with Gasteiger partial charge in [-0.3, -0.25) is 0 Å². The second-order valence-corrected chi connectivity index (χ2v) is 5.19. The van der Waals surface area contributed by atoms with Crippen LogP contribution in [0.15, 0.2) is 53.7 Å². The zero-order valence-electron chi connectivity index (χ0n) is 10.9. The largest absolute Gasteiger partial charge is 0.380 e. The highest BCUT2D eigenvalue weighted by Crippen LogP contribution is 2.19. The van der Waals surface area contributed by atoms with Crippen molar-refractivity contribution in [1.29, 1.82) is 0 Å². The molecule has 0 radical (unpaired) electrons. The smallest absolute Gasteiger partial charge is 0.155 e. The van der Waals surface area contributed by atoms with E-state index < -0.39 is 0 Å². The van der Waals surface area contributed by atoms with Crippen LogP contribution in [0.2, 0.25) is 0 Å². The predicted molar refractivity (Wildman–Crippen MR) is 80.6 cm³/mol. The van der Waals surface area contributed by atoms with Crippen molar-refractivity contribution in [1.82, 2.24) is 19.7 Å². The number of rotatable bonds is 4. The van der Waals surface area contributed by atoms with Gasteiger partial charge >= 0.3 is 0 Å². The molecule has 3 aromatic rings. The van der Waals surface area contributed by atoms with Crippen LogP contribution in [0.3, 0.4) is 0 Å². The molecule has 0 fully saturated rings. The van der Waals surface area contributed by atoms with Crippen LogP contribution in [0.5, 0.6) is 0 Å². The van der Waals surface area contributed by atoms with E-state index in [1.165, 1.54) is 18.5 Å². The lowest BCUT2D eigenvalue weighted by molar-refractivity contribution is 0.625. The number of halogens is 2. The molecule has 0 atom stereocenters. The molecule has 0 aliphatic carbocycles. The maximum atomic E-state index is 13.2. The molecule has 2 aromatic heterocycles. The molecule has 0 saturated carbocycles. The molecule has 7 heteroatoms. The summed E-state index contributed by atoms with van der Waals surface area (Å²) in [5.74, 6) is 0.430. The second kappa shape index (κ2) is 6.01. The topological polar surface area (TPSA) is 55.6 Å². The summed E-state index contributed by atoms with van der Waals surface area (Å²) in [6, 6.07) is 8.32. The molecule has 2 heterocycles. The Kier molecular flexibility index (Phi) is 3.92. The lowest BCUT2D eigenvalue weighted by Gasteiger charge is -2.08. The van der Waals surface area contributed by atoms with Crippen LogP contribution >= 0.6 is 15.9 Å². The van der Waals surface area contributed by atoms with E-state index >= 15 is 0 Å². The first kappa shape index (κ1) is 13.7. The predicted octanol–water partition coefficient (Wildman–Crippen LogP) is 3.18. The minimum absolute atomic E-state index is 0.255. The minimum atomic E-state index is -0.255. The van der Waals surface area contributed by atoms with E-state index in [9.17, 15) is 4.39 Å². The van der Waals surface area contributed by atoms with Crippen LogP contribution < -0.4 is 5.32 Å². The maximum absolute atomic E-state index is 13.2. The van der Waals surface area contributed by atoms with Crippen molar-refractivity contribution in [2.45, 2.75) is 6.54 Å². The van der Waals surface area contributed by atoms with Crippen molar-refractivity contribution >= 4 is 21.6 Å². The fraction of sp³-hybridized carbons (Fsp3) is 0.0714. The van der Waals surface area contributed by atoms with Gasteiger partial charge in [0.2, 0.25) is 0 Å². The Bertz CT molecular complexity index is 728. The zero-order valence-corrected chi connectivity index (χ0v) is 12.5. The Morgan fingerprint density at radius 1 is 1.24 bits per heavy atom. The van der Waals surface area contributed by atoms with Crippen molar-refractivity contribution in [3.8, 4) is 5.82 Å². The molecule has 5 nitrogen and oxygen atoms in total. The molecule has 21 heavy (non-hydrogen) atoms. The molecule has 0 bridgehead atoms. The number of hydrogen-bond acceptors (Lipinski definition) is 4. The fourth-order valence-electron chi connectivity index (χ4n) is 1.83. The Labute approximate surface area is 129 Å². The van der Waals surface area contributed by atoms with E-state index in [1.54, 1.807) is 23.3 Å². The minimum Gasteiger partial charge on any atom is -0.380 e. The van der Waals surface area contributed by atoms with Gasteiger partial charge in [-0.2, -0.15) is 5.10 Å². The first-order valence-corrected chi connectivity index (χ1v) is 7.00. The third-order valence-corrected chi connectivity index (χ3v) is 3.67. The average molecular weight is 348 g/mol. The van der Waals surface area contributed by atoms with Crippen LogP contribution in [-0.2, 0) is 6.54 Å². The third-order valence-electron chi connectivity index (χ3n) is 2.89. The highest BCUT2D eigenvalue weighted by molar-refractivity contribution is 9.10. The lowest BCUT2D eigenvalue weighted by atomic mass is 10.2. The van der Waals surface area contributed by atoms with Gasteiger partial charge in [-0.05, 0) is 35.9 Å². The van der Waals surface area contributed by atoms with Crippen LogP contribution in [-0.4, -0.2) is 19.7 Å².